The highest BCUT2D eigenvalue weighted by molar-refractivity contribution is 5.99. The predicted molar refractivity (Wildman–Crippen MR) is 134 cm³/mol. The zero-order chi connectivity index (χ0) is 23.8. The second-order valence-corrected chi connectivity index (χ2v) is 9.36. The number of piperidine rings is 1. The van der Waals surface area contributed by atoms with Gasteiger partial charge in [0.25, 0.3) is 5.91 Å². The molecule has 2 amide bonds. The number of nitrogens with one attached hydrogen (secondary N) is 1. The van der Waals surface area contributed by atoms with Gasteiger partial charge in [-0.05, 0) is 73.4 Å². The molecule has 2 aromatic heterocycles. The molecular formula is C27H31N5O2. The van der Waals surface area contributed by atoms with Crippen LogP contribution >= 0.6 is 0 Å². The van der Waals surface area contributed by atoms with Crippen LogP contribution in [0.25, 0.3) is 10.9 Å². The van der Waals surface area contributed by atoms with Crippen molar-refractivity contribution in [2.75, 3.05) is 31.6 Å². The molecular weight excluding hydrogens is 426 g/mol. The Balaban J connectivity index is 1.54. The van der Waals surface area contributed by atoms with Gasteiger partial charge in [-0.25, -0.2) is 4.98 Å². The number of fused-ring (bicyclic) bond motifs is 2. The lowest BCUT2D eigenvalue weighted by Gasteiger charge is -2.35. The number of amides is 2. The lowest BCUT2D eigenvalue weighted by Crippen LogP contribution is -2.36. The Kier molecular flexibility index (Phi) is 5.94. The average Bonchev–Trinajstić information content (AvgIpc) is 2.87. The summed E-state index contributed by atoms with van der Waals surface area (Å²) >= 11 is 0. The molecule has 4 heterocycles. The Labute approximate surface area is 200 Å². The maximum absolute atomic E-state index is 12.4. The van der Waals surface area contributed by atoms with Crippen molar-refractivity contribution in [2.24, 2.45) is 0 Å². The van der Waals surface area contributed by atoms with Crippen molar-refractivity contribution in [3.05, 3.63) is 58.9 Å². The van der Waals surface area contributed by atoms with E-state index in [9.17, 15) is 9.59 Å². The van der Waals surface area contributed by atoms with Crippen LogP contribution in [0.5, 0.6) is 0 Å². The summed E-state index contributed by atoms with van der Waals surface area (Å²) in [5.74, 6) is 1.18. The molecule has 1 aromatic carbocycles. The van der Waals surface area contributed by atoms with E-state index in [1.54, 1.807) is 26.2 Å². The molecule has 0 saturated carbocycles. The van der Waals surface area contributed by atoms with Gasteiger partial charge in [-0.15, -0.1) is 0 Å². The molecule has 0 aliphatic carbocycles. The third kappa shape index (κ3) is 4.00. The van der Waals surface area contributed by atoms with Gasteiger partial charge in [0, 0.05) is 50.9 Å². The first kappa shape index (κ1) is 22.3. The molecule has 0 unspecified atom stereocenters. The summed E-state index contributed by atoms with van der Waals surface area (Å²) in [5.41, 5.74) is 6.35. The first-order valence-corrected chi connectivity index (χ1v) is 12.1. The topological polar surface area (TPSA) is 78.4 Å². The number of anilines is 2. The van der Waals surface area contributed by atoms with Gasteiger partial charge in [-0.3, -0.25) is 14.6 Å². The number of likely N-dealkylation sites (tertiary alicyclic amines) is 1. The lowest BCUT2D eigenvalue weighted by atomic mass is 9.84. The molecule has 2 aliphatic heterocycles. The van der Waals surface area contributed by atoms with Crippen LogP contribution in [0.3, 0.4) is 0 Å². The highest BCUT2D eigenvalue weighted by Crippen LogP contribution is 2.40. The molecule has 7 nitrogen and oxygen atoms in total. The Morgan fingerprint density at radius 2 is 1.91 bits per heavy atom. The first-order valence-electron chi connectivity index (χ1n) is 12.1. The predicted octanol–water partition coefficient (Wildman–Crippen LogP) is 4.11. The van der Waals surface area contributed by atoms with E-state index in [1.165, 1.54) is 16.7 Å². The number of pyridine rings is 2. The van der Waals surface area contributed by atoms with E-state index >= 15 is 0 Å². The van der Waals surface area contributed by atoms with Crippen LogP contribution < -0.4 is 10.2 Å². The SMILES string of the molecule is CNC(=O)c1cc2cccnc2c(N2CCCc3cc(C4CCN(C(C)=O)CC4)c(C)cc32)n1. The largest absolute Gasteiger partial charge is 0.354 e. The highest BCUT2D eigenvalue weighted by atomic mass is 16.2. The van der Waals surface area contributed by atoms with E-state index in [0.29, 0.717) is 11.6 Å². The number of carbonyl (C=O) groups is 2. The molecule has 1 N–H and O–H groups in total. The molecule has 5 rings (SSSR count). The van der Waals surface area contributed by atoms with Gasteiger partial charge in [0.2, 0.25) is 5.91 Å². The number of aromatic nitrogens is 2. The standard InChI is InChI=1S/C27H31N5O2/c1-17-14-24-20(15-22(17)19-8-12-31(13-9-19)18(2)33)7-5-11-32(24)26-25-21(6-4-10-29-25)16-23(30-26)27(34)28-3/h4,6,10,14-16,19H,5,7-9,11-13H2,1-3H3,(H,28,34). The Hall–Kier alpha value is -3.48. The van der Waals surface area contributed by atoms with Gasteiger partial charge in [0.15, 0.2) is 5.82 Å². The van der Waals surface area contributed by atoms with Crippen molar-refractivity contribution in [3.8, 4) is 0 Å². The number of benzene rings is 1. The fourth-order valence-corrected chi connectivity index (χ4v) is 5.42. The van der Waals surface area contributed by atoms with Gasteiger partial charge in [-0.1, -0.05) is 12.1 Å². The number of rotatable bonds is 3. The fraction of sp³-hybridized carbons (Fsp3) is 0.407. The van der Waals surface area contributed by atoms with E-state index in [0.717, 1.165) is 67.7 Å². The summed E-state index contributed by atoms with van der Waals surface area (Å²) in [6.45, 7) is 6.33. The van der Waals surface area contributed by atoms with Crippen LogP contribution in [0.1, 0.15) is 59.3 Å². The van der Waals surface area contributed by atoms with E-state index < -0.39 is 0 Å². The molecule has 0 bridgehead atoms. The van der Waals surface area contributed by atoms with Gasteiger partial charge in [0.05, 0.1) is 0 Å². The fourth-order valence-electron chi connectivity index (χ4n) is 5.42. The van der Waals surface area contributed by atoms with Crippen LogP contribution in [-0.4, -0.2) is 53.4 Å². The van der Waals surface area contributed by atoms with Gasteiger partial charge in [0.1, 0.15) is 11.2 Å². The summed E-state index contributed by atoms with van der Waals surface area (Å²) in [5, 5.41) is 3.60. The molecule has 0 radical (unpaired) electrons. The second kappa shape index (κ2) is 9.05. The molecule has 1 saturated heterocycles. The molecule has 7 heteroatoms. The van der Waals surface area contributed by atoms with Crippen molar-refractivity contribution in [3.63, 3.8) is 0 Å². The lowest BCUT2D eigenvalue weighted by molar-refractivity contribution is -0.129. The second-order valence-electron chi connectivity index (χ2n) is 9.36. The van der Waals surface area contributed by atoms with Crippen molar-refractivity contribution < 1.29 is 9.59 Å². The van der Waals surface area contributed by atoms with Crippen molar-refractivity contribution in [1.82, 2.24) is 20.2 Å². The molecule has 176 valence electrons. The summed E-state index contributed by atoms with van der Waals surface area (Å²) in [6, 6.07) is 10.3. The molecule has 1 fully saturated rings. The Morgan fingerprint density at radius 3 is 2.65 bits per heavy atom. The quantitative estimate of drug-likeness (QED) is 0.640. The maximum atomic E-state index is 12.4. The third-order valence-corrected chi connectivity index (χ3v) is 7.25. The zero-order valence-electron chi connectivity index (χ0n) is 20.1. The van der Waals surface area contributed by atoms with Crippen LogP contribution in [0, 0.1) is 6.92 Å². The van der Waals surface area contributed by atoms with E-state index in [1.807, 2.05) is 17.0 Å². The number of aryl methyl sites for hydroxylation is 2. The Morgan fingerprint density at radius 1 is 1.12 bits per heavy atom. The smallest absolute Gasteiger partial charge is 0.269 e. The van der Waals surface area contributed by atoms with E-state index in [-0.39, 0.29) is 11.8 Å². The first-order chi connectivity index (χ1) is 16.5. The minimum atomic E-state index is -0.201. The maximum Gasteiger partial charge on any atom is 0.269 e. The molecule has 2 aliphatic rings. The third-order valence-electron chi connectivity index (χ3n) is 7.25. The van der Waals surface area contributed by atoms with E-state index in [2.05, 4.69) is 34.3 Å². The minimum Gasteiger partial charge on any atom is -0.354 e. The van der Waals surface area contributed by atoms with Gasteiger partial charge in [-0.2, -0.15) is 0 Å². The summed E-state index contributed by atoms with van der Waals surface area (Å²) in [6.07, 6.45) is 5.82. The molecule has 0 atom stereocenters. The van der Waals surface area contributed by atoms with Crippen LogP contribution in [-0.2, 0) is 11.2 Å². The average molecular weight is 458 g/mol. The minimum absolute atomic E-state index is 0.170. The van der Waals surface area contributed by atoms with E-state index in [4.69, 9.17) is 4.98 Å². The van der Waals surface area contributed by atoms with Crippen molar-refractivity contribution in [2.45, 2.75) is 45.4 Å². The Bertz CT molecular complexity index is 1260. The van der Waals surface area contributed by atoms with Crippen molar-refractivity contribution >= 4 is 34.2 Å². The highest BCUT2D eigenvalue weighted by Gasteiger charge is 2.27. The van der Waals surface area contributed by atoms with Crippen molar-refractivity contribution in [1.29, 1.82) is 0 Å². The zero-order valence-corrected chi connectivity index (χ0v) is 20.1. The summed E-state index contributed by atoms with van der Waals surface area (Å²) in [4.78, 5) is 37.8. The number of hydrogen-bond acceptors (Lipinski definition) is 5. The number of carbonyl (C=O) groups excluding carboxylic acids is 2. The van der Waals surface area contributed by atoms with Gasteiger partial charge < -0.3 is 15.1 Å². The summed E-state index contributed by atoms with van der Waals surface area (Å²) < 4.78 is 0. The summed E-state index contributed by atoms with van der Waals surface area (Å²) in [7, 11) is 1.62. The number of hydrogen-bond donors (Lipinski definition) is 1. The van der Waals surface area contributed by atoms with Crippen LogP contribution in [0.4, 0.5) is 11.5 Å². The normalized spacial score (nSPS) is 16.4. The molecule has 3 aromatic rings. The van der Waals surface area contributed by atoms with Gasteiger partial charge >= 0.3 is 0 Å². The molecule has 34 heavy (non-hydrogen) atoms. The molecule has 0 spiro atoms. The van der Waals surface area contributed by atoms with Crippen LogP contribution in [0.15, 0.2) is 36.5 Å². The number of nitrogens with zero attached hydrogens (tertiary/aromatic N) is 4. The monoisotopic (exact) mass is 457 g/mol. The van der Waals surface area contributed by atoms with Crippen LogP contribution in [0.2, 0.25) is 0 Å².